The minimum absolute atomic E-state index is 0.0171. The molecule has 0 bridgehead atoms. The number of nitro groups is 1. The van der Waals surface area contributed by atoms with Crippen LogP contribution in [-0.4, -0.2) is 13.5 Å². The summed E-state index contributed by atoms with van der Waals surface area (Å²) in [6.45, 7) is 4.01. The van der Waals surface area contributed by atoms with Crippen molar-refractivity contribution in [3.05, 3.63) is 33.9 Å². The van der Waals surface area contributed by atoms with Crippen LogP contribution < -0.4 is 0 Å². The first kappa shape index (κ1) is 12.2. The Morgan fingerprint density at radius 3 is 2.60 bits per heavy atom. The summed E-state index contributed by atoms with van der Waals surface area (Å²) in [5.74, 6) is 0.116. The smallest absolute Gasteiger partial charge is 0.269 e. The molecule has 0 aliphatic rings. The fraction of sp³-hybridized carbons (Fsp3) is 0.400. The second-order valence-corrected chi connectivity index (χ2v) is 6.89. The van der Waals surface area contributed by atoms with Gasteiger partial charge in [0.2, 0.25) is 0 Å². The maximum absolute atomic E-state index is 10.6. The van der Waals surface area contributed by atoms with E-state index in [-0.39, 0.29) is 14.9 Å². The van der Waals surface area contributed by atoms with Crippen molar-refractivity contribution in [3.63, 3.8) is 0 Å². The molecular weight excluding hydrogens is 309 g/mol. The number of rotatable bonds is 3. The van der Waals surface area contributed by atoms with Gasteiger partial charge in [0.15, 0.2) is 0 Å². The first-order valence-corrected chi connectivity index (χ1v) is 5.53. The van der Waals surface area contributed by atoms with Crippen molar-refractivity contribution in [2.45, 2.75) is 23.7 Å². The quantitative estimate of drug-likeness (QED) is 0.403. The van der Waals surface area contributed by atoms with Gasteiger partial charge in [-0.15, -0.1) is 0 Å². The molecule has 0 atom stereocenters. The van der Waals surface area contributed by atoms with Crippen molar-refractivity contribution < 1.29 is 10.0 Å². The van der Waals surface area contributed by atoms with Crippen LogP contribution in [0.5, 0.6) is 5.75 Å². The number of non-ortho nitro benzene ring substituents is 1. The number of nitrogens with zero attached hydrogens (tertiary/aromatic N) is 1. The zero-order chi connectivity index (χ0) is 11.6. The number of hydrogen-bond donors (Lipinski definition) is 1. The third-order valence-electron chi connectivity index (χ3n) is 1.88. The molecule has 1 aromatic carbocycles. The summed E-state index contributed by atoms with van der Waals surface area (Å²) < 4.78 is -0.0372. The van der Waals surface area contributed by atoms with Crippen LogP contribution in [0.2, 0.25) is 0 Å². The van der Waals surface area contributed by atoms with Gasteiger partial charge in [0.25, 0.3) is 5.69 Å². The lowest BCUT2D eigenvalue weighted by Gasteiger charge is -2.16. The van der Waals surface area contributed by atoms with Crippen LogP contribution in [0.15, 0.2) is 18.2 Å². The summed E-state index contributed by atoms with van der Waals surface area (Å²) in [4.78, 5) is 10.1. The van der Waals surface area contributed by atoms with Gasteiger partial charge in [0.1, 0.15) is 5.75 Å². The van der Waals surface area contributed by atoms with Gasteiger partial charge in [-0.2, -0.15) is 0 Å². The highest BCUT2D eigenvalue weighted by atomic mass is 127. The van der Waals surface area contributed by atoms with Gasteiger partial charge in [-0.25, -0.2) is 0 Å². The first-order valence-electron chi connectivity index (χ1n) is 4.45. The highest BCUT2D eigenvalue weighted by molar-refractivity contribution is 14.1. The fourth-order valence-electron chi connectivity index (χ4n) is 1.28. The molecule has 15 heavy (non-hydrogen) atoms. The lowest BCUT2D eigenvalue weighted by molar-refractivity contribution is -0.384. The Balaban J connectivity index is 3.06. The van der Waals surface area contributed by atoms with Gasteiger partial charge in [-0.05, 0) is 12.5 Å². The second-order valence-electron chi connectivity index (χ2n) is 3.97. The van der Waals surface area contributed by atoms with Crippen LogP contribution >= 0.6 is 22.6 Å². The number of phenolic OH excluding ortho intramolecular Hbond substituents is 1. The zero-order valence-corrected chi connectivity index (χ0v) is 10.7. The molecule has 0 amide bonds. The third kappa shape index (κ3) is 3.65. The number of aromatic hydroxyl groups is 1. The van der Waals surface area contributed by atoms with E-state index in [9.17, 15) is 15.2 Å². The molecule has 4 nitrogen and oxygen atoms in total. The standard InChI is InChI=1S/C10H12INO3/c1-10(2,11)6-7-5-8(12(14)15)3-4-9(7)13/h3-5,13H,6H2,1-2H3. The Kier molecular flexibility index (Phi) is 3.54. The Bertz CT molecular complexity index is 385. The molecule has 1 N–H and O–H groups in total. The molecule has 0 saturated carbocycles. The molecule has 0 heterocycles. The lowest BCUT2D eigenvalue weighted by atomic mass is 10.0. The maximum Gasteiger partial charge on any atom is 0.269 e. The summed E-state index contributed by atoms with van der Waals surface area (Å²) in [7, 11) is 0. The third-order valence-corrected chi connectivity index (χ3v) is 2.27. The van der Waals surface area contributed by atoms with Gasteiger partial charge in [-0.3, -0.25) is 10.1 Å². The summed E-state index contributed by atoms with van der Waals surface area (Å²) in [6, 6.07) is 4.10. The first-order chi connectivity index (χ1) is 6.79. The topological polar surface area (TPSA) is 63.4 Å². The van der Waals surface area contributed by atoms with E-state index in [0.717, 1.165) is 0 Å². The average Bonchev–Trinajstić information content (AvgIpc) is 2.06. The van der Waals surface area contributed by atoms with Gasteiger partial charge in [0.05, 0.1) is 4.92 Å². The molecule has 0 spiro atoms. The summed E-state index contributed by atoms with van der Waals surface area (Å²) >= 11 is 2.24. The maximum atomic E-state index is 10.6. The van der Waals surface area contributed by atoms with Crippen LogP contribution in [0.3, 0.4) is 0 Å². The largest absolute Gasteiger partial charge is 0.508 e. The van der Waals surface area contributed by atoms with Crippen molar-refractivity contribution in [2.75, 3.05) is 0 Å². The van der Waals surface area contributed by atoms with E-state index < -0.39 is 4.92 Å². The molecule has 82 valence electrons. The molecule has 1 rings (SSSR count). The molecule has 0 unspecified atom stereocenters. The Morgan fingerprint density at radius 2 is 2.13 bits per heavy atom. The van der Waals surface area contributed by atoms with Crippen LogP contribution in [0.25, 0.3) is 0 Å². The van der Waals surface area contributed by atoms with Gasteiger partial charge in [-0.1, -0.05) is 36.4 Å². The predicted octanol–water partition coefficient (Wildman–Crippen LogP) is 3.06. The summed E-state index contributed by atoms with van der Waals surface area (Å²) in [5.41, 5.74) is 0.632. The van der Waals surface area contributed by atoms with E-state index in [2.05, 4.69) is 22.6 Å². The highest BCUT2D eigenvalue weighted by Crippen LogP contribution is 2.30. The lowest BCUT2D eigenvalue weighted by Crippen LogP contribution is -2.13. The SMILES string of the molecule is CC(C)(I)Cc1cc([N+](=O)[O-])ccc1O. The van der Waals surface area contributed by atoms with Crippen LogP contribution in [0, 0.1) is 10.1 Å². The Labute approximate surface area is 102 Å². The average molecular weight is 321 g/mol. The zero-order valence-electron chi connectivity index (χ0n) is 8.53. The molecule has 1 aromatic rings. The van der Waals surface area contributed by atoms with Crippen LogP contribution in [-0.2, 0) is 6.42 Å². The molecular formula is C10H12INO3. The van der Waals surface area contributed by atoms with Crippen LogP contribution in [0.1, 0.15) is 19.4 Å². The van der Waals surface area contributed by atoms with Gasteiger partial charge >= 0.3 is 0 Å². The van der Waals surface area contributed by atoms with Gasteiger partial charge in [0, 0.05) is 21.1 Å². The number of alkyl halides is 1. The number of hydrogen-bond acceptors (Lipinski definition) is 3. The van der Waals surface area contributed by atoms with Crippen molar-refractivity contribution in [1.29, 1.82) is 0 Å². The molecule has 5 heteroatoms. The molecule has 0 aliphatic carbocycles. The predicted molar refractivity (Wildman–Crippen MR) is 66.6 cm³/mol. The van der Waals surface area contributed by atoms with E-state index in [4.69, 9.17) is 0 Å². The monoisotopic (exact) mass is 321 g/mol. The minimum Gasteiger partial charge on any atom is -0.508 e. The number of nitro benzene ring substituents is 1. The number of phenols is 1. The van der Waals surface area contributed by atoms with E-state index in [1.54, 1.807) is 0 Å². The van der Waals surface area contributed by atoms with Crippen molar-refractivity contribution in [3.8, 4) is 5.75 Å². The molecule has 0 aliphatic heterocycles. The minimum atomic E-state index is -0.455. The van der Waals surface area contributed by atoms with E-state index in [1.165, 1.54) is 18.2 Å². The van der Waals surface area contributed by atoms with E-state index in [0.29, 0.717) is 12.0 Å². The fourth-order valence-corrected chi connectivity index (χ4v) is 1.69. The Morgan fingerprint density at radius 1 is 1.53 bits per heavy atom. The van der Waals surface area contributed by atoms with E-state index in [1.807, 2.05) is 13.8 Å². The van der Waals surface area contributed by atoms with Gasteiger partial charge < -0.3 is 5.11 Å². The number of halogens is 1. The van der Waals surface area contributed by atoms with Crippen molar-refractivity contribution in [2.24, 2.45) is 0 Å². The molecule has 0 radical (unpaired) electrons. The van der Waals surface area contributed by atoms with Crippen molar-refractivity contribution >= 4 is 28.3 Å². The van der Waals surface area contributed by atoms with E-state index >= 15 is 0 Å². The highest BCUT2D eigenvalue weighted by Gasteiger charge is 2.18. The second kappa shape index (κ2) is 4.34. The molecule has 0 saturated heterocycles. The molecule has 0 fully saturated rings. The molecule has 0 aromatic heterocycles. The summed E-state index contributed by atoms with van der Waals surface area (Å²) in [6.07, 6.45) is 0.598. The van der Waals surface area contributed by atoms with Crippen LogP contribution in [0.4, 0.5) is 5.69 Å². The van der Waals surface area contributed by atoms with Crippen molar-refractivity contribution in [1.82, 2.24) is 0 Å². The Hall–Kier alpha value is -0.850. The normalized spacial score (nSPS) is 11.4. The summed E-state index contributed by atoms with van der Waals surface area (Å²) in [5, 5.41) is 20.1. The number of benzene rings is 1.